The van der Waals surface area contributed by atoms with Crippen LogP contribution in [0.25, 0.3) is 0 Å². The zero-order valence-corrected chi connectivity index (χ0v) is 11.8. The molecule has 2 aromatic rings. The summed E-state index contributed by atoms with van der Waals surface area (Å²) < 4.78 is 1.32. The van der Waals surface area contributed by atoms with Gasteiger partial charge in [0, 0.05) is 11.3 Å². The summed E-state index contributed by atoms with van der Waals surface area (Å²) in [4.78, 5) is 24.2. The van der Waals surface area contributed by atoms with Gasteiger partial charge in [-0.15, -0.1) is 0 Å². The second kappa shape index (κ2) is 5.69. The molecule has 0 aliphatic carbocycles. The predicted octanol–water partition coefficient (Wildman–Crippen LogP) is 1.96. The molecule has 0 spiro atoms. The Bertz CT molecular complexity index is 632. The van der Waals surface area contributed by atoms with Gasteiger partial charge >= 0.3 is 0 Å². The number of benzene rings is 1. The highest BCUT2D eigenvalue weighted by atomic mass is 16.2. The summed E-state index contributed by atoms with van der Waals surface area (Å²) >= 11 is 0. The van der Waals surface area contributed by atoms with Crippen molar-refractivity contribution in [1.82, 2.24) is 15.1 Å². The van der Waals surface area contributed by atoms with Gasteiger partial charge in [0.05, 0.1) is 5.69 Å². The molecule has 0 saturated carbocycles. The Balaban J connectivity index is 2.09. The van der Waals surface area contributed by atoms with E-state index in [1.165, 1.54) is 4.68 Å². The van der Waals surface area contributed by atoms with E-state index in [0.717, 1.165) is 11.4 Å². The minimum Gasteiger partial charge on any atom is -0.340 e. The highest BCUT2D eigenvalue weighted by Crippen LogP contribution is 2.04. The number of nitrogens with one attached hydrogen (secondary N) is 1. The summed E-state index contributed by atoms with van der Waals surface area (Å²) in [5, 5.41) is 6.81. The third-order valence-corrected chi connectivity index (χ3v) is 2.97. The molecule has 0 unspecified atom stereocenters. The van der Waals surface area contributed by atoms with Crippen LogP contribution in [0.15, 0.2) is 36.4 Å². The molecule has 1 N–H and O–H groups in total. The third kappa shape index (κ3) is 2.93. The SMILES string of the molecule is Cc1cc(C)n(C(=O)[C@@H](C)NC(=O)c2ccccc2)n1. The van der Waals surface area contributed by atoms with Gasteiger partial charge in [0.15, 0.2) is 0 Å². The Morgan fingerprint density at radius 2 is 1.85 bits per heavy atom. The van der Waals surface area contributed by atoms with Crippen LogP contribution in [0.2, 0.25) is 0 Å². The fourth-order valence-electron chi connectivity index (χ4n) is 1.97. The number of amides is 1. The van der Waals surface area contributed by atoms with Crippen LogP contribution in [0.1, 0.15) is 33.5 Å². The average molecular weight is 271 g/mol. The highest BCUT2D eigenvalue weighted by molar-refractivity contribution is 5.97. The molecule has 0 bridgehead atoms. The van der Waals surface area contributed by atoms with Crippen LogP contribution < -0.4 is 5.32 Å². The molecule has 2 rings (SSSR count). The van der Waals surface area contributed by atoms with E-state index in [1.54, 1.807) is 31.2 Å². The Morgan fingerprint density at radius 1 is 1.20 bits per heavy atom. The van der Waals surface area contributed by atoms with E-state index in [2.05, 4.69) is 10.4 Å². The zero-order valence-electron chi connectivity index (χ0n) is 11.8. The van der Waals surface area contributed by atoms with Gasteiger partial charge < -0.3 is 5.32 Å². The summed E-state index contributed by atoms with van der Waals surface area (Å²) in [6.07, 6.45) is 0. The molecule has 0 saturated heterocycles. The van der Waals surface area contributed by atoms with Crippen LogP contribution in [0, 0.1) is 13.8 Å². The topological polar surface area (TPSA) is 64.0 Å². The van der Waals surface area contributed by atoms with E-state index in [0.29, 0.717) is 5.56 Å². The monoisotopic (exact) mass is 271 g/mol. The number of carbonyl (C=O) groups is 2. The van der Waals surface area contributed by atoms with E-state index >= 15 is 0 Å². The fraction of sp³-hybridized carbons (Fsp3) is 0.267. The minimum atomic E-state index is -0.638. The summed E-state index contributed by atoms with van der Waals surface area (Å²) in [5.41, 5.74) is 2.06. The van der Waals surface area contributed by atoms with Crippen molar-refractivity contribution in [2.75, 3.05) is 0 Å². The van der Waals surface area contributed by atoms with Crippen LogP contribution >= 0.6 is 0 Å². The third-order valence-electron chi connectivity index (χ3n) is 2.97. The van der Waals surface area contributed by atoms with Gasteiger partial charge in [-0.2, -0.15) is 5.10 Å². The van der Waals surface area contributed by atoms with Crippen molar-refractivity contribution in [2.45, 2.75) is 26.8 Å². The molecule has 1 heterocycles. The van der Waals surface area contributed by atoms with Gasteiger partial charge in [-0.25, -0.2) is 4.68 Å². The zero-order chi connectivity index (χ0) is 14.7. The van der Waals surface area contributed by atoms with Crippen molar-refractivity contribution in [2.24, 2.45) is 0 Å². The highest BCUT2D eigenvalue weighted by Gasteiger charge is 2.20. The van der Waals surface area contributed by atoms with E-state index in [4.69, 9.17) is 0 Å². The number of nitrogens with zero attached hydrogens (tertiary/aromatic N) is 2. The Morgan fingerprint density at radius 3 is 2.40 bits per heavy atom. The molecule has 0 aliphatic rings. The molecule has 5 heteroatoms. The summed E-state index contributed by atoms with van der Waals surface area (Å²) in [5.74, 6) is -0.520. The number of aromatic nitrogens is 2. The Kier molecular flexibility index (Phi) is 3.98. The molecule has 20 heavy (non-hydrogen) atoms. The van der Waals surface area contributed by atoms with E-state index in [9.17, 15) is 9.59 Å². The van der Waals surface area contributed by atoms with E-state index in [1.807, 2.05) is 26.0 Å². The first-order valence-electron chi connectivity index (χ1n) is 6.42. The van der Waals surface area contributed by atoms with Crippen molar-refractivity contribution >= 4 is 11.8 Å². The van der Waals surface area contributed by atoms with Crippen LogP contribution in [-0.2, 0) is 0 Å². The standard InChI is InChI=1S/C15H17N3O2/c1-10-9-11(2)18(17-10)15(20)12(3)16-14(19)13-7-5-4-6-8-13/h4-9,12H,1-3H3,(H,16,19)/t12-/m1/s1. The van der Waals surface area contributed by atoms with Crippen molar-refractivity contribution in [3.8, 4) is 0 Å². The smallest absolute Gasteiger partial charge is 0.269 e. The number of hydrogen-bond donors (Lipinski definition) is 1. The lowest BCUT2D eigenvalue weighted by molar-refractivity contribution is 0.0800. The van der Waals surface area contributed by atoms with Gasteiger partial charge in [-0.1, -0.05) is 18.2 Å². The molecule has 1 aromatic carbocycles. The van der Waals surface area contributed by atoms with Gasteiger partial charge in [0.25, 0.3) is 11.8 Å². The Labute approximate surface area is 117 Å². The lowest BCUT2D eigenvalue weighted by Crippen LogP contribution is -2.41. The van der Waals surface area contributed by atoms with Crippen LogP contribution in [-0.4, -0.2) is 27.6 Å². The fourth-order valence-corrected chi connectivity index (χ4v) is 1.97. The van der Waals surface area contributed by atoms with Crippen molar-refractivity contribution in [3.05, 3.63) is 53.3 Å². The largest absolute Gasteiger partial charge is 0.340 e. The molecular formula is C15H17N3O2. The van der Waals surface area contributed by atoms with Gasteiger partial charge in [-0.05, 0) is 39.0 Å². The van der Waals surface area contributed by atoms with Crippen molar-refractivity contribution < 1.29 is 9.59 Å². The van der Waals surface area contributed by atoms with Crippen molar-refractivity contribution in [1.29, 1.82) is 0 Å². The number of aryl methyl sites for hydroxylation is 2. The summed E-state index contributed by atoms with van der Waals surface area (Å²) in [6.45, 7) is 5.28. The van der Waals surface area contributed by atoms with Crippen molar-refractivity contribution in [3.63, 3.8) is 0 Å². The second-order valence-corrected chi connectivity index (χ2v) is 4.74. The molecule has 0 radical (unpaired) electrons. The van der Waals surface area contributed by atoms with Crippen LogP contribution in [0.3, 0.4) is 0 Å². The first-order valence-corrected chi connectivity index (χ1v) is 6.42. The number of carbonyl (C=O) groups excluding carboxylic acids is 2. The van der Waals surface area contributed by atoms with E-state index in [-0.39, 0.29) is 11.8 Å². The maximum Gasteiger partial charge on any atom is 0.269 e. The molecule has 0 aliphatic heterocycles. The molecule has 1 amide bonds. The minimum absolute atomic E-state index is 0.250. The molecular weight excluding hydrogens is 254 g/mol. The first kappa shape index (κ1) is 14.0. The van der Waals surface area contributed by atoms with Gasteiger partial charge in [0.1, 0.15) is 6.04 Å². The molecule has 0 fully saturated rings. The number of rotatable bonds is 3. The molecule has 1 atom stereocenters. The van der Waals surface area contributed by atoms with Gasteiger partial charge in [0.2, 0.25) is 0 Å². The van der Waals surface area contributed by atoms with Crippen LogP contribution in [0.4, 0.5) is 0 Å². The second-order valence-electron chi connectivity index (χ2n) is 4.74. The average Bonchev–Trinajstić information content (AvgIpc) is 2.77. The predicted molar refractivity (Wildman–Crippen MR) is 75.7 cm³/mol. The molecule has 1 aromatic heterocycles. The quantitative estimate of drug-likeness (QED) is 0.928. The normalized spacial score (nSPS) is 11.9. The lowest BCUT2D eigenvalue weighted by atomic mass is 10.2. The van der Waals surface area contributed by atoms with Gasteiger partial charge in [-0.3, -0.25) is 9.59 Å². The first-order chi connectivity index (χ1) is 9.49. The summed E-state index contributed by atoms with van der Waals surface area (Å²) in [6, 6.07) is 9.99. The lowest BCUT2D eigenvalue weighted by Gasteiger charge is -2.13. The number of hydrogen-bond acceptors (Lipinski definition) is 3. The molecule has 5 nitrogen and oxygen atoms in total. The van der Waals surface area contributed by atoms with Crippen LogP contribution in [0.5, 0.6) is 0 Å². The Hall–Kier alpha value is -2.43. The maximum atomic E-state index is 12.2. The maximum absolute atomic E-state index is 12.2. The molecule has 104 valence electrons. The van der Waals surface area contributed by atoms with E-state index < -0.39 is 6.04 Å². The summed E-state index contributed by atoms with van der Waals surface area (Å²) in [7, 11) is 0.